The number of nitrogens with one attached hydrogen (secondary N) is 3. The fourth-order valence-electron chi connectivity index (χ4n) is 4.40. The second-order valence-electron chi connectivity index (χ2n) is 9.46. The fraction of sp³-hybridized carbons (Fsp3) is 0.138. The number of imidazole rings is 1. The number of fused-ring (bicyclic) bond motifs is 2. The van der Waals surface area contributed by atoms with Gasteiger partial charge in [-0.15, -0.1) is 0 Å². The minimum Gasteiger partial charge on any atom is -0.497 e. The lowest BCUT2D eigenvalue weighted by atomic mass is 10.0. The molecule has 0 fully saturated rings. The van der Waals surface area contributed by atoms with Gasteiger partial charge >= 0.3 is 0 Å². The highest BCUT2D eigenvalue weighted by Gasteiger charge is 2.17. The van der Waals surface area contributed by atoms with Gasteiger partial charge in [-0.05, 0) is 42.0 Å². The quantitative estimate of drug-likeness (QED) is 0.248. The van der Waals surface area contributed by atoms with Gasteiger partial charge in [-0.1, -0.05) is 19.9 Å². The zero-order chi connectivity index (χ0) is 27.1. The second kappa shape index (κ2) is 9.64. The highest BCUT2D eigenvalue weighted by Crippen LogP contribution is 2.33. The van der Waals surface area contributed by atoms with Gasteiger partial charge in [0.05, 0.1) is 35.7 Å². The summed E-state index contributed by atoms with van der Waals surface area (Å²) in [7, 11) is 1.49. The summed E-state index contributed by atoms with van der Waals surface area (Å²) in [5, 5.41) is 11.3. The summed E-state index contributed by atoms with van der Waals surface area (Å²) in [4.78, 5) is 29.1. The van der Waals surface area contributed by atoms with Crippen molar-refractivity contribution >= 4 is 33.5 Å². The van der Waals surface area contributed by atoms with Gasteiger partial charge in [0.1, 0.15) is 22.8 Å². The minimum atomic E-state index is -0.424. The summed E-state index contributed by atoms with van der Waals surface area (Å²) in [6.45, 7) is 3.68. The van der Waals surface area contributed by atoms with Crippen molar-refractivity contribution in [3.05, 3.63) is 72.9 Å². The molecule has 0 aliphatic rings. The van der Waals surface area contributed by atoms with Crippen LogP contribution in [0.4, 0.5) is 10.1 Å². The molecule has 0 saturated carbocycles. The van der Waals surface area contributed by atoms with Crippen LogP contribution in [0.25, 0.3) is 55.8 Å². The average molecular weight is 522 g/mol. The lowest BCUT2D eigenvalue weighted by Crippen LogP contribution is -2.17. The number of hydrogen-bond donors (Lipinski definition) is 3. The highest BCUT2D eigenvalue weighted by molar-refractivity contribution is 5.98. The van der Waals surface area contributed by atoms with Gasteiger partial charge in [0.2, 0.25) is 5.91 Å². The van der Waals surface area contributed by atoms with Crippen LogP contribution in [0.1, 0.15) is 13.8 Å². The summed E-state index contributed by atoms with van der Waals surface area (Å²) in [6, 6.07) is 14.1. The van der Waals surface area contributed by atoms with Crippen molar-refractivity contribution in [1.29, 1.82) is 0 Å². The molecule has 194 valence electrons. The molecule has 0 aliphatic heterocycles. The van der Waals surface area contributed by atoms with E-state index in [1.807, 2.05) is 44.2 Å². The van der Waals surface area contributed by atoms with Crippen LogP contribution >= 0.6 is 0 Å². The van der Waals surface area contributed by atoms with Gasteiger partial charge in [0, 0.05) is 40.9 Å². The number of ether oxygens (including phenoxy) is 1. The van der Waals surface area contributed by atoms with Crippen molar-refractivity contribution in [2.45, 2.75) is 13.8 Å². The first kappa shape index (κ1) is 24.2. The van der Waals surface area contributed by atoms with E-state index in [1.165, 1.54) is 19.2 Å². The maximum Gasteiger partial charge on any atom is 0.226 e. The van der Waals surface area contributed by atoms with Crippen molar-refractivity contribution in [1.82, 2.24) is 30.1 Å². The van der Waals surface area contributed by atoms with Gasteiger partial charge in [-0.25, -0.2) is 9.37 Å². The Kier molecular flexibility index (Phi) is 5.99. The zero-order valence-corrected chi connectivity index (χ0v) is 21.4. The molecule has 0 unspecified atom stereocenters. The topological polar surface area (TPSA) is 121 Å². The number of carbonyl (C=O) groups is 1. The van der Waals surface area contributed by atoms with Crippen molar-refractivity contribution in [3.8, 4) is 39.7 Å². The minimum absolute atomic E-state index is 0.0723. The van der Waals surface area contributed by atoms with Gasteiger partial charge in [-0.3, -0.25) is 19.9 Å². The highest BCUT2D eigenvalue weighted by atomic mass is 19.1. The van der Waals surface area contributed by atoms with Crippen molar-refractivity contribution < 1.29 is 13.9 Å². The van der Waals surface area contributed by atoms with Crippen LogP contribution in [-0.4, -0.2) is 43.2 Å². The molecule has 6 rings (SSSR count). The van der Waals surface area contributed by atoms with E-state index in [1.54, 1.807) is 24.7 Å². The number of aromatic nitrogens is 6. The number of H-pyrrole nitrogens is 2. The molecular weight excluding hydrogens is 497 g/mol. The van der Waals surface area contributed by atoms with Crippen LogP contribution < -0.4 is 10.1 Å². The summed E-state index contributed by atoms with van der Waals surface area (Å²) >= 11 is 0. The molecule has 4 aromatic heterocycles. The van der Waals surface area contributed by atoms with Gasteiger partial charge in [0.25, 0.3) is 0 Å². The first-order chi connectivity index (χ1) is 18.9. The van der Waals surface area contributed by atoms with E-state index in [-0.39, 0.29) is 11.8 Å². The second-order valence-corrected chi connectivity index (χ2v) is 9.46. The number of nitrogens with zero attached hydrogens (tertiary/aromatic N) is 4. The average Bonchev–Trinajstić information content (AvgIpc) is 3.56. The van der Waals surface area contributed by atoms with E-state index in [0.717, 1.165) is 27.5 Å². The molecule has 0 atom stereocenters. The number of benzene rings is 2. The predicted molar refractivity (Wildman–Crippen MR) is 148 cm³/mol. The van der Waals surface area contributed by atoms with E-state index in [9.17, 15) is 9.18 Å². The molecule has 1 amide bonds. The normalized spacial score (nSPS) is 11.4. The Morgan fingerprint density at radius 3 is 2.67 bits per heavy atom. The Morgan fingerprint density at radius 1 is 0.974 bits per heavy atom. The number of amides is 1. The van der Waals surface area contributed by atoms with E-state index in [2.05, 4.69) is 30.5 Å². The molecule has 0 aliphatic carbocycles. The standard InChI is InChI=1S/C29H24FN7O2/c1-15(2)29(38)33-20-9-18(13-31-14-20)16-4-5-23-22(11-16)26(37-36-23)28-34-24-6-7-32-25(27(24)35-28)17-8-19(30)12-21(10-17)39-3/h4-15H,1-3H3,(H,33,38)(H,34,35)(H,36,37). The van der Waals surface area contributed by atoms with E-state index < -0.39 is 5.82 Å². The number of anilines is 1. The number of halogens is 1. The number of carbonyl (C=O) groups excluding carboxylic acids is 1. The number of aromatic amines is 2. The Bertz CT molecular complexity index is 1860. The zero-order valence-electron chi connectivity index (χ0n) is 21.4. The molecule has 0 bridgehead atoms. The lowest BCUT2D eigenvalue weighted by Gasteiger charge is -2.09. The molecule has 0 spiro atoms. The molecule has 3 N–H and O–H groups in total. The molecule has 6 aromatic rings. The lowest BCUT2D eigenvalue weighted by molar-refractivity contribution is -0.118. The largest absolute Gasteiger partial charge is 0.497 e. The monoisotopic (exact) mass is 521 g/mol. The van der Waals surface area contributed by atoms with Crippen molar-refractivity contribution in [3.63, 3.8) is 0 Å². The summed E-state index contributed by atoms with van der Waals surface area (Å²) in [5.74, 6) is 0.305. The molecule has 10 heteroatoms. The third-order valence-electron chi connectivity index (χ3n) is 6.43. The molecule has 9 nitrogen and oxygen atoms in total. The van der Waals surface area contributed by atoms with Gasteiger partial charge < -0.3 is 15.0 Å². The van der Waals surface area contributed by atoms with E-state index in [4.69, 9.17) is 9.72 Å². The summed E-state index contributed by atoms with van der Waals surface area (Å²) in [5.41, 5.74) is 6.26. The SMILES string of the molecule is COc1cc(F)cc(-c2nccc3[nH]c(-c4n[nH]c5ccc(-c6cncc(NC(=O)C(C)C)c6)cc45)nc23)c1. The number of pyridine rings is 2. The van der Waals surface area contributed by atoms with E-state index in [0.29, 0.717) is 39.7 Å². The van der Waals surface area contributed by atoms with Gasteiger partial charge in [-0.2, -0.15) is 5.10 Å². The molecule has 4 heterocycles. The Labute approximate surface area is 222 Å². The molecule has 39 heavy (non-hydrogen) atoms. The van der Waals surface area contributed by atoms with Crippen molar-refractivity contribution in [2.75, 3.05) is 12.4 Å². The number of methoxy groups -OCH3 is 1. The number of hydrogen-bond acceptors (Lipinski definition) is 6. The van der Waals surface area contributed by atoms with Crippen LogP contribution in [0.2, 0.25) is 0 Å². The molecule has 2 aromatic carbocycles. The number of rotatable bonds is 6. The third kappa shape index (κ3) is 4.56. The Balaban J connectivity index is 1.41. The smallest absolute Gasteiger partial charge is 0.226 e. The fourth-order valence-corrected chi connectivity index (χ4v) is 4.40. The Hall–Kier alpha value is -5.12. The molecule has 0 radical (unpaired) electrons. The van der Waals surface area contributed by atoms with Crippen LogP contribution in [0.15, 0.2) is 67.1 Å². The van der Waals surface area contributed by atoms with E-state index >= 15 is 0 Å². The third-order valence-corrected chi connectivity index (χ3v) is 6.43. The summed E-state index contributed by atoms with van der Waals surface area (Å²) in [6.07, 6.45) is 5.02. The first-order valence-electron chi connectivity index (χ1n) is 12.3. The van der Waals surface area contributed by atoms with Crippen LogP contribution in [0.5, 0.6) is 5.75 Å². The maximum absolute atomic E-state index is 14.2. The van der Waals surface area contributed by atoms with Crippen LogP contribution in [0.3, 0.4) is 0 Å². The molecule has 0 saturated heterocycles. The Morgan fingerprint density at radius 2 is 1.85 bits per heavy atom. The maximum atomic E-state index is 14.2. The van der Waals surface area contributed by atoms with Crippen LogP contribution in [0, 0.1) is 11.7 Å². The van der Waals surface area contributed by atoms with Gasteiger partial charge in [0.15, 0.2) is 5.82 Å². The predicted octanol–water partition coefficient (Wildman–Crippen LogP) is 5.97. The first-order valence-corrected chi connectivity index (χ1v) is 12.3. The van der Waals surface area contributed by atoms with Crippen molar-refractivity contribution in [2.24, 2.45) is 5.92 Å². The summed E-state index contributed by atoms with van der Waals surface area (Å²) < 4.78 is 19.5. The van der Waals surface area contributed by atoms with Crippen LogP contribution in [-0.2, 0) is 4.79 Å². The molecular formula is C29H24FN7O2.